The number of nitriles is 1. The molecule has 4 nitrogen and oxygen atoms in total. The van der Waals surface area contributed by atoms with Crippen molar-refractivity contribution in [3.8, 4) is 11.8 Å². The van der Waals surface area contributed by atoms with E-state index in [9.17, 15) is 9.65 Å². The number of fused-ring (bicyclic) bond motifs is 2. The average Bonchev–Trinajstić information content (AvgIpc) is 3.25. The second-order valence-electron chi connectivity index (χ2n) is 7.53. The van der Waals surface area contributed by atoms with Crippen LogP contribution < -0.4 is 4.74 Å². The van der Waals surface area contributed by atoms with Crippen molar-refractivity contribution >= 4 is 49.4 Å². The molecule has 5 aromatic rings. The molecule has 0 fully saturated rings. The van der Waals surface area contributed by atoms with Crippen molar-refractivity contribution in [3.05, 3.63) is 106 Å². The summed E-state index contributed by atoms with van der Waals surface area (Å²) in [6.07, 6.45) is 1.72. The van der Waals surface area contributed by atoms with E-state index < -0.39 is 0 Å². The van der Waals surface area contributed by atoms with Gasteiger partial charge in [0.15, 0.2) is 0 Å². The number of benzene rings is 4. The Morgan fingerprint density at radius 1 is 1.06 bits per heavy atom. The number of imidazole rings is 1. The molecule has 0 aliphatic carbocycles. The van der Waals surface area contributed by atoms with E-state index in [1.807, 2.05) is 42.5 Å². The lowest BCUT2D eigenvalue weighted by atomic mass is 10.1. The van der Waals surface area contributed by atoms with Crippen LogP contribution in [-0.2, 0) is 6.61 Å². The van der Waals surface area contributed by atoms with Crippen LogP contribution in [0.5, 0.6) is 5.75 Å². The molecule has 0 bridgehead atoms. The van der Waals surface area contributed by atoms with Crippen molar-refractivity contribution in [2.24, 2.45) is 0 Å². The number of nitrogens with zero attached hydrogens (tertiary/aromatic N) is 2. The van der Waals surface area contributed by atoms with E-state index in [1.165, 1.54) is 12.1 Å². The Kier molecular flexibility index (Phi) is 5.64. The van der Waals surface area contributed by atoms with Gasteiger partial charge < -0.3 is 9.72 Å². The maximum Gasteiger partial charge on any atom is 0.149 e. The van der Waals surface area contributed by atoms with Crippen LogP contribution in [0.4, 0.5) is 4.39 Å². The molecule has 0 spiro atoms. The summed E-state index contributed by atoms with van der Waals surface area (Å²) in [6, 6.07) is 26.4. The van der Waals surface area contributed by atoms with Gasteiger partial charge in [-0.2, -0.15) is 5.26 Å². The monoisotopic (exact) mass is 497 g/mol. The number of allylic oxidation sites excluding steroid dienone is 1. The molecule has 0 aliphatic heterocycles. The molecule has 0 atom stereocenters. The first kappa shape index (κ1) is 20.9. The minimum absolute atomic E-state index is 0.319. The molecule has 0 aliphatic rings. The highest BCUT2D eigenvalue weighted by atomic mass is 79.9. The van der Waals surface area contributed by atoms with E-state index in [2.05, 4.69) is 50.2 Å². The summed E-state index contributed by atoms with van der Waals surface area (Å²) in [5.74, 6) is 0.649. The lowest BCUT2D eigenvalue weighted by Crippen LogP contribution is -1.98. The molecule has 0 radical (unpaired) electrons. The van der Waals surface area contributed by atoms with E-state index in [0.29, 0.717) is 34.8 Å². The van der Waals surface area contributed by atoms with Crippen LogP contribution in [0.25, 0.3) is 33.5 Å². The lowest BCUT2D eigenvalue weighted by molar-refractivity contribution is 0.307. The van der Waals surface area contributed by atoms with Gasteiger partial charge in [-0.1, -0.05) is 58.4 Å². The van der Waals surface area contributed by atoms with Crippen molar-refractivity contribution in [2.45, 2.75) is 6.61 Å². The number of halogens is 2. The van der Waals surface area contributed by atoms with Crippen LogP contribution in [0.2, 0.25) is 0 Å². The minimum atomic E-state index is -0.365. The zero-order valence-electron chi connectivity index (χ0n) is 17.3. The van der Waals surface area contributed by atoms with Crippen LogP contribution in [0, 0.1) is 17.1 Å². The highest BCUT2D eigenvalue weighted by molar-refractivity contribution is 9.10. The number of nitrogens with one attached hydrogen (secondary N) is 1. The summed E-state index contributed by atoms with van der Waals surface area (Å²) in [7, 11) is 0. The van der Waals surface area contributed by atoms with Crippen molar-refractivity contribution < 1.29 is 9.13 Å². The predicted molar refractivity (Wildman–Crippen MR) is 132 cm³/mol. The number of aromatic amines is 1. The lowest BCUT2D eigenvalue weighted by Gasteiger charge is -2.12. The van der Waals surface area contributed by atoms with Crippen LogP contribution in [0.3, 0.4) is 0 Å². The fourth-order valence-electron chi connectivity index (χ4n) is 3.76. The first-order chi connectivity index (χ1) is 16.1. The molecule has 6 heteroatoms. The van der Waals surface area contributed by atoms with Gasteiger partial charge in [0.05, 0.1) is 16.6 Å². The van der Waals surface area contributed by atoms with E-state index in [-0.39, 0.29) is 5.82 Å². The third kappa shape index (κ3) is 4.36. The van der Waals surface area contributed by atoms with E-state index in [1.54, 1.807) is 12.1 Å². The summed E-state index contributed by atoms with van der Waals surface area (Å²) in [6.45, 7) is 0.385. The molecule has 0 amide bonds. The van der Waals surface area contributed by atoms with Crippen LogP contribution >= 0.6 is 15.9 Å². The average molecular weight is 498 g/mol. The highest BCUT2D eigenvalue weighted by Gasteiger charge is 2.12. The standard InChI is InChI=1S/C27H17BrFN3O/c28-21-8-11-26(33-16-18-6-3-5-17-4-1-2-7-23(17)18)19(13-21)12-20(15-30)27-31-24-10-9-22(29)14-25(24)32-27/h1-14H,16H2,(H,31,32)/b20-12-. The summed E-state index contributed by atoms with van der Waals surface area (Å²) in [5.41, 5.74) is 3.25. The number of hydrogen-bond acceptors (Lipinski definition) is 3. The molecule has 0 saturated carbocycles. The third-order valence-electron chi connectivity index (χ3n) is 5.35. The molecule has 0 saturated heterocycles. The van der Waals surface area contributed by atoms with Crippen molar-refractivity contribution in [3.63, 3.8) is 0 Å². The topological polar surface area (TPSA) is 61.7 Å². The number of ether oxygens (including phenoxy) is 1. The van der Waals surface area contributed by atoms with Gasteiger partial charge in [-0.05, 0) is 58.8 Å². The Labute approximate surface area is 198 Å². The SMILES string of the molecule is N#C/C(=C/c1cc(Br)ccc1OCc1cccc2ccccc12)c1nc2ccc(F)cc2[nH]1. The number of H-pyrrole nitrogens is 1. The first-order valence-electron chi connectivity index (χ1n) is 10.3. The molecular formula is C27H17BrFN3O. The molecule has 4 aromatic carbocycles. The van der Waals surface area contributed by atoms with E-state index in [0.717, 1.165) is 26.4 Å². The zero-order valence-corrected chi connectivity index (χ0v) is 18.9. The second kappa shape index (κ2) is 8.89. The van der Waals surface area contributed by atoms with Gasteiger partial charge in [0.25, 0.3) is 0 Å². The van der Waals surface area contributed by atoms with Gasteiger partial charge in [-0.15, -0.1) is 0 Å². The Morgan fingerprint density at radius 2 is 1.91 bits per heavy atom. The van der Waals surface area contributed by atoms with Gasteiger partial charge >= 0.3 is 0 Å². The maximum atomic E-state index is 13.5. The highest BCUT2D eigenvalue weighted by Crippen LogP contribution is 2.29. The molecule has 5 rings (SSSR count). The fraction of sp³-hybridized carbons (Fsp3) is 0.0370. The normalized spacial score (nSPS) is 11.6. The van der Waals surface area contributed by atoms with Crippen LogP contribution in [-0.4, -0.2) is 9.97 Å². The summed E-state index contributed by atoms with van der Waals surface area (Å²) in [4.78, 5) is 7.46. The third-order valence-corrected chi connectivity index (χ3v) is 5.85. The van der Waals surface area contributed by atoms with Crippen molar-refractivity contribution in [1.82, 2.24) is 9.97 Å². The molecule has 1 heterocycles. The number of rotatable bonds is 5. The van der Waals surface area contributed by atoms with Gasteiger partial charge in [0.1, 0.15) is 30.1 Å². The fourth-order valence-corrected chi connectivity index (χ4v) is 4.13. The van der Waals surface area contributed by atoms with E-state index >= 15 is 0 Å². The summed E-state index contributed by atoms with van der Waals surface area (Å²) in [5, 5.41) is 12.1. The predicted octanol–water partition coefficient (Wildman–Crippen LogP) is 7.26. The molecule has 160 valence electrons. The van der Waals surface area contributed by atoms with Gasteiger partial charge in [0.2, 0.25) is 0 Å². The van der Waals surface area contributed by atoms with Crippen molar-refractivity contribution in [1.29, 1.82) is 5.26 Å². The van der Waals surface area contributed by atoms with E-state index in [4.69, 9.17) is 4.74 Å². The largest absolute Gasteiger partial charge is 0.488 e. The van der Waals surface area contributed by atoms with Gasteiger partial charge in [0, 0.05) is 10.0 Å². The van der Waals surface area contributed by atoms with Crippen LogP contribution in [0.15, 0.2) is 83.3 Å². The molecule has 1 aromatic heterocycles. The first-order valence-corrected chi connectivity index (χ1v) is 11.1. The molecule has 1 N–H and O–H groups in total. The Balaban J connectivity index is 1.49. The molecular weight excluding hydrogens is 481 g/mol. The number of hydrogen-bond donors (Lipinski definition) is 1. The molecule has 0 unspecified atom stereocenters. The minimum Gasteiger partial charge on any atom is -0.488 e. The van der Waals surface area contributed by atoms with Crippen molar-refractivity contribution in [2.75, 3.05) is 0 Å². The quantitative estimate of drug-likeness (QED) is 0.260. The molecule has 33 heavy (non-hydrogen) atoms. The summed E-state index contributed by atoms with van der Waals surface area (Å²) < 4.78 is 20.6. The van der Waals surface area contributed by atoms with Crippen LogP contribution in [0.1, 0.15) is 17.0 Å². The maximum absolute atomic E-state index is 13.5. The Morgan fingerprint density at radius 3 is 2.79 bits per heavy atom. The Bertz CT molecular complexity index is 1560. The van der Waals surface area contributed by atoms with Gasteiger partial charge in [-0.25, -0.2) is 9.37 Å². The zero-order chi connectivity index (χ0) is 22.8. The second-order valence-corrected chi connectivity index (χ2v) is 8.44. The smallest absolute Gasteiger partial charge is 0.149 e. The number of aromatic nitrogens is 2. The summed E-state index contributed by atoms with van der Waals surface area (Å²) >= 11 is 3.50. The van der Waals surface area contributed by atoms with Gasteiger partial charge in [-0.3, -0.25) is 0 Å². The Hall–Kier alpha value is -3.95.